The van der Waals surface area contributed by atoms with Crippen molar-refractivity contribution in [2.24, 2.45) is 0 Å². The van der Waals surface area contributed by atoms with E-state index in [1.165, 1.54) is 0 Å². The molecule has 55 heavy (non-hydrogen) atoms. The molecule has 17 nitrogen and oxygen atoms in total. The average Bonchev–Trinajstić information content (AvgIpc) is 3.85. The predicted octanol–water partition coefficient (Wildman–Crippen LogP) is 3.40. The molecule has 0 spiro atoms. The molecule has 7 unspecified atom stereocenters. The number of hydrogen-bond acceptors (Lipinski definition) is 15. The van der Waals surface area contributed by atoms with Gasteiger partial charge in [0.2, 0.25) is 0 Å². The molecule has 4 fully saturated rings. The quantitative estimate of drug-likeness (QED) is 0.195. The molecular weight excluding hydrogens is 724 g/mol. The number of carbonyl (C=O) groups excluding carboxylic acids is 2. The van der Waals surface area contributed by atoms with Crippen LogP contribution in [0.5, 0.6) is 0 Å². The van der Waals surface area contributed by atoms with Crippen molar-refractivity contribution in [3.8, 4) is 0 Å². The van der Waals surface area contributed by atoms with Gasteiger partial charge in [-0.15, -0.1) is 0 Å². The number of hydrogen-bond donors (Lipinski definition) is 2. The minimum Gasteiger partial charge on any atom is -0.447 e. The van der Waals surface area contributed by atoms with Crippen LogP contribution in [0.15, 0.2) is 30.3 Å². The predicted molar refractivity (Wildman–Crippen MR) is 193 cm³/mol. The van der Waals surface area contributed by atoms with E-state index in [4.69, 9.17) is 61.6 Å². The van der Waals surface area contributed by atoms with Gasteiger partial charge in [-0.25, -0.2) is 9.59 Å². The molecule has 0 aliphatic carbocycles. The summed E-state index contributed by atoms with van der Waals surface area (Å²) < 4.78 is 75.8. The monoisotopic (exact) mass is 784 g/mol. The first-order valence-electron chi connectivity index (χ1n) is 19.0. The second-order valence-corrected chi connectivity index (χ2v) is 15.6. The maximum absolute atomic E-state index is 12.6. The molecule has 5 rings (SSSR count). The molecule has 4 heterocycles. The summed E-state index contributed by atoms with van der Waals surface area (Å²) in [5.74, 6) is -3.12. The smallest absolute Gasteiger partial charge is 0.407 e. The Morgan fingerprint density at radius 3 is 1.62 bits per heavy atom. The first kappa shape index (κ1) is 43.4. The van der Waals surface area contributed by atoms with Crippen LogP contribution in [0.2, 0.25) is 0 Å². The highest BCUT2D eigenvalue weighted by Gasteiger charge is 2.51. The summed E-state index contributed by atoms with van der Waals surface area (Å²) in [7, 11) is 0. The molecule has 4 aliphatic heterocycles. The molecule has 2 amide bonds. The van der Waals surface area contributed by atoms with E-state index in [-0.39, 0.29) is 64.9 Å². The number of carbonyl (C=O) groups is 2. The van der Waals surface area contributed by atoms with Gasteiger partial charge in [0.1, 0.15) is 55.9 Å². The van der Waals surface area contributed by atoms with Crippen LogP contribution >= 0.6 is 0 Å². The topological polar surface area (TPSA) is 178 Å². The van der Waals surface area contributed by atoms with Crippen LogP contribution in [-0.4, -0.2) is 144 Å². The van der Waals surface area contributed by atoms with Crippen molar-refractivity contribution in [1.82, 2.24) is 10.6 Å². The van der Waals surface area contributed by atoms with Gasteiger partial charge in [0.15, 0.2) is 23.1 Å². The number of ether oxygens (including phenoxy) is 13. The Balaban J connectivity index is 0.988. The van der Waals surface area contributed by atoms with E-state index in [1.54, 1.807) is 0 Å². The van der Waals surface area contributed by atoms with Gasteiger partial charge in [-0.2, -0.15) is 0 Å². The Morgan fingerprint density at radius 2 is 1.13 bits per heavy atom. The summed E-state index contributed by atoms with van der Waals surface area (Å²) in [6.07, 6.45) is -4.18. The van der Waals surface area contributed by atoms with Gasteiger partial charge in [-0.3, -0.25) is 0 Å². The van der Waals surface area contributed by atoms with Gasteiger partial charge in [0.25, 0.3) is 0 Å². The highest BCUT2D eigenvalue weighted by molar-refractivity contribution is 5.67. The van der Waals surface area contributed by atoms with Crippen molar-refractivity contribution < 1.29 is 71.2 Å². The molecular formula is C38H60N2O15. The molecule has 1 aromatic carbocycles. The van der Waals surface area contributed by atoms with Crippen LogP contribution < -0.4 is 10.6 Å². The SMILES string of the molecule is CC1(C)OCC(C2OC(C)(C)OC2CNC(=O)OCCOCC(COCc2ccccc2)OCCOC(=O)NCC2OC(C)(C)OC2C2COC(C)(C)O2)O1. The highest BCUT2D eigenvalue weighted by Crippen LogP contribution is 2.36. The van der Waals surface area contributed by atoms with E-state index >= 15 is 0 Å². The summed E-state index contributed by atoms with van der Waals surface area (Å²) in [6, 6.07) is 9.74. The van der Waals surface area contributed by atoms with Crippen LogP contribution in [0.1, 0.15) is 61.0 Å². The normalized spacial score (nSPS) is 29.5. The lowest BCUT2D eigenvalue weighted by atomic mass is 10.1. The molecule has 4 saturated heterocycles. The van der Waals surface area contributed by atoms with Gasteiger partial charge >= 0.3 is 12.2 Å². The Kier molecular flexibility index (Phi) is 15.1. The summed E-state index contributed by atoms with van der Waals surface area (Å²) in [5.41, 5.74) is 1.01. The third kappa shape index (κ3) is 14.0. The van der Waals surface area contributed by atoms with Crippen molar-refractivity contribution in [1.29, 1.82) is 0 Å². The zero-order chi connectivity index (χ0) is 39.7. The Hall–Kier alpha value is -2.68. The number of nitrogens with one attached hydrogen (secondary N) is 2. The second-order valence-electron chi connectivity index (χ2n) is 15.6. The van der Waals surface area contributed by atoms with Crippen molar-refractivity contribution in [2.45, 2.75) is 128 Å². The molecule has 7 atom stereocenters. The number of alkyl carbamates (subject to hydrolysis) is 2. The van der Waals surface area contributed by atoms with Crippen LogP contribution in [0, 0.1) is 0 Å². The lowest BCUT2D eigenvalue weighted by Gasteiger charge is -2.24. The van der Waals surface area contributed by atoms with E-state index in [9.17, 15) is 9.59 Å². The molecule has 4 aliphatic rings. The lowest BCUT2D eigenvalue weighted by molar-refractivity contribution is -0.174. The molecule has 1 aromatic rings. The van der Waals surface area contributed by atoms with Gasteiger partial charge in [-0.05, 0) is 61.0 Å². The van der Waals surface area contributed by atoms with E-state index in [2.05, 4.69) is 10.6 Å². The molecule has 0 radical (unpaired) electrons. The third-order valence-electron chi connectivity index (χ3n) is 8.98. The number of benzene rings is 1. The van der Waals surface area contributed by atoms with Gasteiger partial charge < -0.3 is 72.2 Å². The molecule has 0 bridgehead atoms. The maximum atomic E-state index is 12.6. The van der Waals surface area contributed by atoms with Crippen molar-refractivity contribution in [3.05, 3.63) is 35.9 Å². The third-order valence-corrected chi connectivity index (χ3v) is 8.98. The Morgan fingerprint density at radius 1 is 0.636 bits per heavy atom. The highest BCUT2D eigenvalue weighted by atomic mass is 16.8. The second kappa shape index (κ2) is 19.2. The van der Waals surface area contributed by atoms with E-state index in [0.29, 0.717) is 19.8 Å². The van der Waals surface area contributed by atoms with E-state index in [1.807, 2.05) is 85.7 Å². The van der Waals surface area contributed by atoms with E-state index in [0.717, 1.165) is 5.56 Å². The molecule has 0 saturated carbocycles. The first-order valence-corrected chi connectivity index (χ1v) is 19.0. The molecule has 17 heteroatoms. The fourth-order valence-corrected chi connectivity index (χ4v) is 6.68. The zero-order valence-electron chi connectivity index (χ0n) is 33.3. The fourth-order valence-electron chi connectivity index (χ4n) is 6.68. The largest absolute Gasteiger partial charge is 0.447 e. The van der Waals surface area contributed by atoms with Gasteiger partial charge in [0, 0.05) is 13.1 Å². The van der Waals surface area contributed by atoms with Gasteiger partial charge in [-0.1, -0.05) is 30.3 Å². The number of rotatable bonds is 19. The van der Waals surface area contributed by atoms with Gasteiger partial charge in [0.05, 0.1) is 46.2 Å². The molecule has 0 aromatic heterocycles. The number of amides is 2. The zero-order valence-corrected chi connectivity index (χ0v) is 33.3. The van der Waals surface area contributed by atoms with E-state index < -0.39 is 65.9 Å². The molecule has 312 valence electrons. The van der Waals surface area contributed by atoms with Crippen molar-refractivity contribution in [2.75, 3.05) is 65.9 Å². The van der Waals surface area contributed by atoms with Crippen LogP contribution in [0.3, 0.4) is 0 Å². The van der Waals surface area contributed by atoms with Crippen molar-refractivity contribution >= 4 is 12.2 Å². The standard InChI is InChI=1S/C38H60N2O15/c1-35(2)48-23-29(52-35)31-27(50-37(5,6)54-31)18-39-33(41)46-15-14-43-21-26(22-44-20-25-12-10-9-11-13-25)45-16-17-47-34(42)40-19-28-32(55-38(7,8)51-28)30-24-49-36(3,4)53-30/h9-13,26-32H,14-24H2,1-8H3,(H,39,41)(H,40,42). The van der Waals surface area contributed by atoms with Crippen LogP contribution in [0.25, 0.3) is 0 Å². The summed E-state index contributed by atoms with van der Waals surface area (Å²) in [6.45, 7) is 16.6. The minimum absolute atomic E-state index is 0.00284. The van der Waals surface area contributed by atoms with Crippen LogP contribution in [-0.2, 0) is 68.2 Å². The summed E-state index contributed by atoms with van der Waals surface area (Å²) in [5, 5.41) is 5.48. The Labute approximate surface area is 323 Å². The summed E-state index contributed by atoms with van der Waals surface area (Å²) in [4.78, 5) is 25.0. The summed E-state index contributed by atoms with van der Waals surface area (Å²) >= 11 is 0. The average molecular weight is 785 g/mol. The maximum Gasteiger partial charge on any atom is 0.407 e. The Bertz CT molecular complexity index is 1360. The minimum atomic E-state index is -0.843. The fraction of sp³-hybridized carbons (Fsp3) is 0.789. The first-order chi connectivity index (χ1) is 26.0. The lowest BCUT2D eigenvalue weighted by Crippen LogP contribution is -2.44. The molecule has 2 N–H and O–H groups in total. The van der Waals surface area contributed by atoms with Crippen LogP contribution in [0.4, 0.5) is 9.59 Å². The van der Waals surface area contributed by atoms with Crippen molar-refractivity contribution in [3.63, 3.8) is 0 Å².